The van der Waals surface area contributed by atoms with Gasteiger partial charge in [0.15, 0.2) is 9.84 Å². The lowest BCUT2D eigenvalue weighted by Crippen LogP contribution is -2.49. The number of hydrogen-bond acceptors (Lipinski definition) is 3. The Kier molecular flexibility index (Phi) is 3.97. The summed E-state index contributed by atoms with van der Waals surface area (Å²) in [6.45, 7) is 3.43. The molecule has 0 bridgehead atoms. The monoisotopic (exact) mass is 301 g/mol. The zero-order valence-corrected chi connectivity index (χ0v) is 11.9. The number of carbonyl (C=O) groups excluding carboxylic acids is 1. The van der Waals surface area contributed by atoms with Gasteiger partial charge in [0.1, 0.15) is 0 Å². The molecular weight excluding hydrogens is 283 g/mol. The zero-order chi connectivity index (χ0) is 15.1. The smallest absolute Gasteiger partial charge is 0.350 e. The van der Waals surface area contributed by atoms with Crippen LogP contribution in [0.1, 0.15) is 33.6 Å². The second-order valence-electron chi connectivity index (χ2n) is 6.01. The van der Waals surface area contributed by atoms with Crippen molar-refractivity contribution < 1.29 is 26.4 Å². The van der Waals surface area contributed by atoms with Crippen molar-refractivity contribution in [3.63, 3.8) is 0 Å². The Morgan fingerprint density at radius 2 is 1.84 bits per heavy atom. The van der Waals surface area contributed by atoms with Crippen molar-refractivity contribution in [2.45, 2.75) is 45.3 Å². The van der Waals surface area contributed by atoms with E-state index in [2.05, 4.69) is 5.32 Å². The lowest BCUT2D eigenvalue weighted by Gasteiger charge is -2.30. The highest BCUT2D eigenvalue weighted by molar-refractivity contribution is 7.91. The zero-order valence-electron chi connectivity index (χ0n) is 11.1. The van der Waals surface area contributed by atoms with E-state index in [-0.39, 0.29) is 17.9 Å². The Labute approximate surface area is 110 Å². The number of rotatable bonds is 3. The molecule has 0 aromatic rings. The molecule has 1 atom stereocenters. The van der Waals surface area contributed by atoms with Gasteiger partial charge < -0.3 is 5.32 Å². The number of hydrogen-bond donors (Lipinski definition) is 1. The average Bonchev–Trinajstić information content (AvgIpc) is 2.36. The van der Waals surface area contributed by atoms with Crippen molar-refractivity contribution in [3.8, 4) is 0 Å². The summed E-state index contributed by atoms with van der Waals surface area (Å²) in [5, 5.41) is 2.42. The third-order valence-electron chi connectivity index (χ3n) is 3.31. The molecule has 4 nitrogen and oxygen atoms in total. The van der Waals surface area contributed by atoms with E-state index < -0.39 is 39.3 Å². The van der Waals surface area contributed by atoms with Gasteiger partial charge in [0.25, 0.3) is 0 Å². The molecule has 8 heteroatoms. The minimum Gasteiger partial charge on any atom is -0.350 e. The van der Waals surface area contributed by atoms with Gasteiger partial charge in [-0.05, 0) is 13.3 Å². The summed E-state index contributed by atoms with van der Waals surface area (Å²) in [6.07, 6.45) is -4.97. The number of alkyl halides is 3. The highest BCUT2D eigenvalue weighted by atomic mass is 32.2. The topological polar surface area (TPSA) is 63.2 Å². The normalized spacial score (nSPS) is 27.3. The van der Waals surface area contributed by atoms with Crippen molar-refractivity contribution in [3.05, 3.63) is 0 Å². The van der Waals surface area contributed by atoms with Crippen LogP contribution in [0.25, 0.3) is 0 Å². The van der Waals surface area contributed by atoms with Gasteiger partial charge >= 0.3 is 6.18 Å². The SMILES string of the molecule is CC1(NC(=O)CC(C)(C)C(F)(F)F)CCS(=O)(=O)C1. The molecule has 0 aromatic carbocycles. The third kappa shape index (κ3) is 4.09. The summed E-state index contributed by atoms with van der Waals surface area (Å²) < 4.78 is 60.6. The van der Waals surface area contributed by atoms with E-state index in [1.54, 1.807) is 0 Å². The Hall–Kier alpha value is -0.790. The van der Waals surface area contributed by atoms with Crippen molar-refractivity contribution in [2.75, 3.05) is 11.5 Å². The molecule has 1 amide bonds. The standard InChI is InChI=1S/C11H18F3NO3S/c1-9(2,11(12,13)14)6-8(16)15-10(3)4-5-19(17,18)7-10/h4-7H2,1-3H3,(H,15,16). The minimum atomic E-state index is -4.48. The molecule has 1 fully saturated rings. The first-order chi connectivity index (χ1) is 8.27. The van der Waals surface area contributed by atoms with Crippen LogP contribution < -0.4 is 5.32 Å². The maximum Gasteiger partial charge on any atom is 0.394 e. The van der Waals surface area contributed by atoms with E-state index in [0.29, 0.717) is 0 Å². The van der Waals surface area contributed by atoms with Crippen LogP contribution in [0.4, 0.5) is 13.2 Å². The van der Waals surface area contributed by atoms with Gasteiger partial charge in [-0.1, -0.05) is 13.8 Å². The maximum absolute atomic E-state index is 12.6. The lowest BCUT2D eigenvalue weighted by molar-refractivity contribution is -0.214. The first-order valence-corrected chi connectivity index (χ1v) is 7.67. The van der Waals surface area contributed by atoms with Gasteiger partial charge in [0.05, 0.1) is 22.5 Å². The van der Waals surface area contributed by atoms with Crippen LogP contribution in [0, 0.1) is 5.41 Å². The second-order valence-corrected chi connectivity index (χ2v) is 8.19. The molecule has 1 aliphatic heterocycles. The Balaban J connectivity index is 2.67. The summed E-state index contributed by atoms with van der Waals surface area (Å²) in [5.74, 6) is -1.05. The van der Waals surface area contributed by atoms with Crippen molar-refractivity contribution in [1.82, 2.24) is 5.32 Å². The van der Waals surface area contributed by atoms with E-state index in [9.17, 15) is 26.4 Å². The molecule has 1 aliphatic rings. The van der Waals surface area contributed by atoms with Crippen LogP contribution in [0.15, 0.2) is 0 Å². The number of amides is 1. The molecule has 0 aromatic heterocycles. The van der Waals surface area contributed by atoms with Crippen molar-refractivity contribution >= 4 is 15.7 Å². The number of carbonyl (C=O) groups is 1. The predicted molar refractivity (Wildman–Crippen MR) is 64.3 cm³/mol. The fourth-order valence-corrected chi connectivity index (χ4v) is 4.08. The van der Waals surface area contributed by atoms with Crippen LogP contribution in [0.2, 0.25) is 0 Å². The lowest BCUT2D eigenvalue weighted by atomic mass is 9.87. The molecule has 19 heavy (non-hydrogen) atoms. The summed E-state index contributed by atoms with van der Waals surface area (Å²) in [4.78, 5) is 11.7. The van der Waals surface area contributed by atoms with E-state index >= 15 is 0 Å². The maximum atomic E-state index is 12.6. The fourth-order valence-electron chi connectivity index (χ4n) is 1.99. The summed E-state index contributed by atoms with van der Waals surface area (Å²) in [7, 11) is -3.21. The van der Waals surface area contributed by atoms with E-state index in [4.69, 9.17) is 0 Å². The van der Waals surface area contributed by atoms with Gasteiger partial charge in [-0.3, -0.25) is 4.79 Å². The largest absolute Gasteiger partial charge is 0.394 e. The number of sulfone groups is 1. The van der Waals surface area contributed by atoms with Crippen molar-refractivity contribution in [1.29, 1.82) is 0 Å². The highest BCUT2D eigenvalue weighted by Crippen LogP contribution is 2.40. The molecule has 1 unspecified atom stereocenters. The highest BCUT2D eigenvalue weighted by Gasteiger charge is 2.49. The van der Waals surface area contributed by atoms with Gasteiger partial charge in [-0.2, -0.15) is 13.2 Å². The molecule has 0 saturated carbocycles. The number of halogens is 3. The van der Waals surface area contributed by atoms with Crippen LogP contribution in [0.3, 0.4) is 0 Å². The van der Waals surface area contributed by atoms with Crippen LogP contribution >= 0.6 is 0 Å². The number of nitrogens with one attached hydrogen (secondary N) is 1. The predicted octanol–water partition coefficient (Wildman–Crippen LogP) is 1.66. The fraction of sp³-hybridized carbons (Fsp3) is 0.909. The van der Waals surface area contributed by atoms with E-state index in [1.807, 2.05) is 0 Å². The second kappa shape index (κ2) is 4.64. The minimum absolute atomic E-state index is 0.0492. The molecule has 1 rings (SSSR count). The van der Waals surface area contributed by atoms with Crippen molar-refractivity contribution in [2.24, 2.45) is 5.41 Å². The van der Waals surface area contributed by atoms with Gasteiger partial charge in [-0.25, -0.2) is 8.42 Å². The van der Waals surface area contributed by atoms with E-state index in [0.717, 1.165) is 13.8 Å². The van der Waals surface area contributed by atoms with Gasteiger partial charge in [-0.15, -0.1) is 0 Å². The van der Waals surface area contributed by atoms with Crippen LogP contribution in [0.5, 0.6) is 0 Å². The summed E-state index contributed by atoms with van der Waals surface area (Å²) >= 11 is 0. The Bertz CT molecular complexity index is 470. The Morgan fingerprint density at radius 3 is 2.21 bits per heavy atom. The Morgan fingerprint density at radius 1 is 1.32 bits per heavy atom. The summed E-state index contributed by atoms with van der Waals surface area (Å²) in [5.41, 5.74) is -3.09. The first-order valence-electron chi connectivity index (χ1n) is 5.85. The molecule has 112 valence electrons. The molecule has 1 N–H and O–H groups in total. The molecule has 1 heterocycles. The molecular formula is C11H18F3NO3S. The summed E-state index contributed by atoms with van der Waals surface area (Å²) in [6, 6.07) is 0. The molecule has 0 aliphatic carbocycles. The van der Waals surface area contributed by atoms with E-state index in [1.165, 1.54) is 6.92 Å². The van der Waals surface area contributed by atoms with Crippen LogP contribution in [-0.4, -0.2) is 37.5 Å². The molecule has 0 spiro atoms. The molecule has 0 radical (unpaired) electrons. The third-order valence-corrected chi connectivity index (χ3v) is 5.22. The first kappa shape index (κ1) is 16.3. The molecule has 1 saturated heterocycles. The quantitative estimate of drug-likeness (QED) is 0.862. The van der Waals surface area contributed by atoms with Gasteiger partial charge in [0.2, 0.25) is 5.91 Å². The van der Waals surface area contributed by atoms with Crippen LogP contribution in [-0.2, 0) is 14.6 Å². The van der Waals surface area contributed by atoms with Gasteiger partial charge in [0, 0.05) is 6.42 Å². The average molecular weight is 301 g/mol.